The number of nitrogens with zero attached hydrogens (tertiary/aromatic N) is 3. The second kappa shape index (κ2) is 4.45. The van der Waals surface area contributed by atoms with Crippen LogP contribution in [0.25, 0.3) is 16.9 Å². The molecule has 3 heteroatoms. The lowest BCUT2D eigenvalue weighted by atomic mass is 10.3. The Bertz CT molecular complexity index is 683. The summed E-state index contributed by atoms with van der Waals surface area (Å²) in [5.41, 5.74) is 2.06. The van der Waals surface area contributed by atoms with E-state index in [1.807, 2.05) is 42.5 Å². The van der Waals surface area contributed by atoms with E-state index in [1.54, 1.807) is 6.20 Å². The van der Waals surface area contributed by atoms with Crippen LogP contribution in [-0.2, 0) is 6.42 Å². The molecule has 3 nitrogen and oxygen atoms in total. The van der Waals surface area contributed by atoms with Crippen LogP contribution >= 0.6 is 0 Å². The minimum atomic E-state index is 0.727. The molecule has 0 fully saturated rings. The zero-order valence-electron chi connectivity index (χ0n) is 9.95. The number of rotatable bonds is 3. The molecule has 2 heterocycles. The largest absolute Gasteiger partial charge is 0.280 e. The van der Waals surface area contributed by atoms with Crippen molar-refractivity contribution >= 4 is 11.0 Å². The molecule has 0 aliphatic rings. The zero-order chi connectivity index (χ0) is 12.4. The maximum Gasteiger partial charge on any atom is 0.138 e. The van der Waals surface area contributed by atoms with Gasteiger partial charge in [-0.15, -0.1) is 6.58 Å². The minimum absolute atomic E-state index is 0.727. The van der Waals surface area contributed by atoms with Crippen LogP contribution in [0.5, 0.6) is 0 Å². The van der Waals surface area contributed by atoms with Gasteiger partial charge in [-0.05, 0) is 24.3 Å². The summed E-state index contributed by atoms with van der Waals surface area (Å²) in [6.45, 7) is 3.79. The Balaban J connectivity index is 2.31. The number of aromatic nitrogens is 3. The summed E-state index contributed by atoms with van der Waals surface area (Å²) in [5.74, 6) is 1.85. The molecule has 18 heavy (non-hydrogen) atoms. The molecule has 0 spiro atoms. The molecule has 1 aromatic carbocycles. The fourth-order valence-electron chi connectivity index (χ4n) is 2.08. The van der Waals surface area contributed by atoms with Gasteiger partial charge in [-0.2, -0.15) is 0 Å². The van der Waals surface area contributed by atoms with E-state index >= 15 is 0 Å². The van der Waals surface area contributed by atoms with E-state index in [4.69, 9.17) is 0 Å². The fraction of sp³-hybridized carbons (Fsp3) is 0.0667. The quantitative estimate of drug-likeness (QED) is 0.653. The predicted molar refractivity (Wildman–Crippen MR) is 72.8 cm³/mol. The Labute approximate surface area is 105 Å². The number of hydrogen-bond acceptors (Lipinski definition) is 2. The third-order valence-corrected chi connectivity index (χ3v) is 2.84. The molecule has 3 aromatic rings. The first-order valence-corrected chi connectivity index (χ1v) is 5.89. The number of para-hydroxylation sites is 2. The Hall–Kier alpha value is -2.42. The molecule has 0 aliphatic heterocycles. The summed E-state index contributed by atoms with van der Waals surface area (Å²) >= 11 is 0. The zero-order valence-corrected chi connectivity index (χ0v) is 9.95. The summed E-state index contributed by atoms with van der Waals surface area (Å²) in [6, 6.07) is 14.0. The van der Waals surface area contributed by atoms with Gasteiger partial charge in [-0.3, -0.25) is 4.57 Å². The van der Waals surface area contributed by atoms with Crippen LogP contribution in [0.1, 0.15) is 5.82 Å². The van der Waals surface area contributed by atoms with Crippen molar-refractivity contribution in [3.8, 4) is 5.82 Å². The van der Waals surface area contributed by atoms with Gasteiger partial charge in [0.05, 0.1) is 11.0 Å². The van der Waals surface area contributed by atoms with Crippen molar-refractivity contribution in [1.29, 1.82) is 0 Å². The molecule has 0 unspecified atom stereocenters. The van der Waals surface area contributed by atoms with Crippen molar-refractivity contribution in [2.75, 3.05) is 0 Å². The monoisotopic (exact) mass is 235 g/mol. The molecule has 0 aliphatic carbocycles. The Morgan fingerprint density at radius 2 is 1.94 bits per heavy atom. The number of allylic oxidation sites excluding steroid dienone is 1. The number of imidazole rings is 1. The van der Waals surface area contributed by atoms with Crippen molar-refractivity contribution < 1.29 is 0 Å². The summed E-state index contributed by atoms with van der Waals surface area (Å²) in [7, 11) is 0. The second-order valence-corrected chi connectivity index (χ2v) is 4.03. The van der Waals surface area contributed by atoms with Crippen molar-refractivity contribution in [3.05, 3.63) is 67.1 Å². The highest BCUT2D eigenvalue weighted by atomic mass is 15.1. The SMILES string of the molecule is C=CCc1nc2ccccc2n1-c1ccccn1. The van der Waals surface area contributed by atoms with E-state index in [9.17, 15) is 0 Å². The van der Waals surface area contributed by atoms with Crippen molar-refractivity contribution in [2.24, 2.45) is 0 Å². The Morgan fingerprint density at radius 3 is 2.72 bits per heavy atom. The first-order chi connectivity index (χ1) is 8.90. The molecule has 0 saturated carbocycles. The van der Waals surface area contributed by atoms with Gasteiger partial charge in [0.1, 0.15) is 11.6 Å². The van der Waals surface area contributed by atoms with Crippen LogP contribution in [-0.4, -0.2) is 14.5 Å². The molecule has 0 bridgehead atoms. The van der Waals surface area contributed by atoms with Gasteiger partial charge in [0.15, 0.2) is 0 Å². The van der Waals surface area contributed by atoms with Crippen LogP contribution < -0.4 is 0 Å². The number of fused-ring (bicyclic) bond motifs is 1. The maximum atomic E-state index is 4.63. The molecule has 0 radical (unpaired) electrons. The molecule has 2 aromatic heterocycles. The average Bonchev–Trinajstić information content (AvgIpc) is 2.78. The van der Waals surface area contributed by atoms with Gasteiger partial charge in [0, 0.05) is 12.6 Å². The summed E-state index contributed by atoms with van der Waals surface area (Å²) in [6.07, 6.45) is 4.38. The lowest BCUT2D eigenvalue weighted by Crippen LogP contribution is -2.02. The summed E-state index contributed by atoms with van der Waals surface area (Å²) in [4.78, 5) is 9.03. The third kappa shape index (κ3) is 1.70. The molecule has 0 saturated heterocycles. The van der Waals surface area contributed by atoms with Gasteiger partial charge >= 0.3 is 0 Å². The topological polar surface area (TPSA) is 30.7 Å². The Kier molecular flexibility index (Phi) is 2.65. The third-order valence-electron chi connectivity index (χ3n) is 2.84. The highest BCUT2D eigenvalue weighted by Gasteiger charge is 2.11. The van der Waals surface area contributed by atoms with E-state index in [2.05, 4.69) is 27.2 Å². The molecule has 3 rings (SSSR count). The molecule has 88 valence electrons. The van der Waals surface area contributed by atoms with Crippen LogP contribution in [0, 0.1) is 0 Å². The lowest BCUT2D eigenvalue weighted by molar-refractivity contribution is 0.918. The summed E-state index contributed by atoms with van der Waals surface area (Å²) < 4.78 is 2.08. The normalized spacial score (nSPS) is 10.7. The first kappa shape index (κ1) is 10.7. The second-order valence-electron chi connectivity index (χ2n) is 4.03. The van der Waals surface area contributed by atoms with E-state index in [0.29, 0.717) is 0 Å². The molecular formula is C15H13N3. The van der Waals surface area contributed by atoms with Gasteiger partial charge in [0.2, 0.25) is 0 Å². The molecule has 0 atom stereocenters. The van der Waals surface area contributed by atoms with E-state index in [1.165, 1.54) is 0 Å². The molecule has 0 N–H and O–H groups in total. The van der Waals surface area contributed by atoms with E-state index in [0.717, 1.165) is 29.1 Å². The highest BCUT2D eigenvalue weighted by Crippen LogP contribution is 2.20. The molecule has 0 amide bonds. The average molecular weight is 235 g/mol. The van der Waals surface area contributed by atoms with Gasteiger partial charge < -0.3 is 0 Å². The van der Waals surface area contributed by atoms with Gasteiger partial charge in [-0.1, -0.05) is 24.3 Å². The highest BCUT2D eigenvalue weighted by molar-refractivity contribution is 5.77. The number of benzene rings is 1. The minimum Gasteiger partial charge on any atom is -0.280 e. The first-order valence-electron chi connectivity index (χ1n) is 5.89. The van der Waals surface area contributed by atoms with E-state index in [-0.39, 0.29) is 0 Å². The molecular weight excluding hydrogens is 222 g/mol. The van der Waals surface area contributed by atoms with E-state index < -0.39 is 0 Å². The summed E-state index contributed by atoms with van der Waals surface area (Å²) in [5, 5.41) is 0. The number of hydrogen-bond donors (Lipinski definition) is 0. The number of pyridine rings is 1. The predicted octanol–water partition coefficient (Wildman–Crippen LogP) is 3.15. The van der Waals surface area contributed by atoms with Crippen LogP contribution in [0.3, 0.4) is 0 Å². The van der Waals surface area contributed by atoms with Gasteiger partial charge in [0.25, 0.3) is 0 Å². The van der Waals surface area contributed by atoms with Crippen molar-refractivity contribution in [3.63, 3.8) is 0 Å². The lowest BCUT2D eigenvalue weighted by Gasteiger charge is -2.06. The van der Waals surface area contributed by atoms with Crippen LogP contribution in [0.4, 0.5) is 0 Å². The van der Waals surface area contributed by atoms with Crippen LogP contribution in [0.2, 0.25) is 0 Å². The Morgan fingerprint density at radius 1 is 1.11 bits per heavy atom. The fourth-order valence-corrected chi connectivity index (χ4v) is 2.08. The smallest absolute Gasteiger partial charge is 0.138 e. The van der Waals surface area contributed by atoms with Crippen LogP contribution in [0.15, 0.2) is 61.3 Å². The maximum absolute atomic E-state index is 4.63. The standard InChI is InChI=1S/C15H13N3/c1-2-7-15-17-12-8-3-4-9-13(12)18(15)14-10-5-6-11-16-14/h2-6,8-11H,1,7H2. The van der Waals surface area contributed by atoms with Crippen molar-refractivity contribution in [1.82, 2.24) is 14.5 Å². The van der Waals surface area contributed by atoms with Gasteiger partial charge in [-0.25, -0.2) is 9.97 Å². The van der Waals surface area contributed by atoms with Crippen molar-refractivity contribution in [2.45, 2.75) is 6.42 Å².